The van der Waals surface area contributed by atoms with E-state index in [1.807, 2.05) is 13.8 Å². The lowest BCUT2D eigenvalue weighted by Gasteiger charge is -2.30. The first-order valence-corrected chi connectivity index (χ1v) is 12.9. The SMILES string of the molecule is Cc1sc(-c2noc(C(C)C)n2)cc1S(=O)(=O)N1CCC(C(=O)Nc2ccc(F)cc2)CC1. The number of anilines is 1. The molecule has 0 atom stereocenters. The van der Waals surface area contributed by atoms with Gasteiger partial charge in [0.05, 0.1) is 9.77 Å². The molecule has 176 valence electrons. The summed E-state index contributed by atoms with van der Waals surface area (Å²) in [7, 11) is -3.72. The van der Waals surface area contributed by atoms with Crippen molar-refractivity contribution in [1.29, 1.82) is 0 Å². The molecule has 3 heterocycles. The molecule has 11 heteroatoms. The minimum atomic E-state index is -3.72. The lowest BCUT2D eigenvalue weighted by atomic mass is 9.97. The number of halogens is 1. The van der Waals surface area contributed by atoms with Crippen molar-refractivity contribution in [3.63, 3.8) is 0 Å². The Labute approximate surface area is 195 Å². The van der Waals surface area contributed by atoms with Crippen LogP contribution in [0.2, 0.25) is 0 Å². The van der Waals surface area contributed by atoms with E-state index in [-0.39, 0.29) is 41.5 Å². The fraction of sp³-hybridized carbons (Fsp3) is 0.409. The van der Waals surface area contributed by atoms with Crippen LogP contribution in [0.5, 0.6) is 0 Å². The summed E-state index contributed by atoms with van der Waals surface area (Å²) < 4.78 is 46.3. The number of amides is 1. The van der Waals surface area contributed by atoms with E-state index in [0.717, 1.165) is 0 Å². The van der Waals surface area contributed by atoms with Gasteiger partial charge >= 0.3 is 0 Å². The molecule has 1 saturated heterocycles. The standard InChI is InChI=1S/C22H25FN4O4S2/c1-13(2)22-25-20(26-31-22)18-12-19(14(3)32-18)33(29,30)27-10-8-15(9-11-27)21(28)24-17-6-4-16(23)5-7-17/h4-7,12-13,15H,8-11H2,1-3H3,(H,24,28). The predicted molar refractivity (Wildman–Crippen MR) is 123 cm³/mol. The first-order chi connectivity index (χ1) is 15.6. The molecule has 1 fully saturated rings. The lowest BCUT2D eigenvalue weighted by Crippen LogP contribution is -2.41. The molecule has 4 rings (SSSR count). The van der Waals surface area contributed by atoms with Gasteiger partial charge in [-0.15, -0.1) is 11.3 Å². The third-order valence-corrected chi connectivity index (χ3v) is 8.78. The van der Waals surface area contributed by atoms with Crippen molar-refractivity contribution >= 4 is 33.0 Å². The summed E-state index contributed by atoms with van der Waals surface area (Å²) in [5.74, 6) is 0.0844. The quantitative estimate of drug-likeness (QED) is 0.547. The molecule has 1 aliphatic rings. The highest BCUT2D eigenvalue weighted by molar-refractivity contribution is 7.89. The zero-order valence-corrected chi connectivity index (χ0v) is 20.2. The molecule has 3 aromatic rings. The van der Waals surface area contributed by atoms with Crippen LogP contribution in [0, 0.1) is 18.7 Å². The Balaban J connectivity index is 1.43. The summed E-state index contributed by atoms with van der Waals surface area (Å²) in [5, 5.41) is 6.75. The van der Waals surface area contributed by atoms with E-state index in [4.69, 9.17) is 4.52 Å². The van der Waals surface area contributed by atoms with Gasteiger partial charge in [-0.25, -0.2) is 12.8 Å². The van der Waals surface area contributed by atoms with Crippen LogP contribution >= 0.6 is 11.3 Å². The van der Waals surface area contributed by atoms with Crippen LogP contribution in [-0.2, 0) is 14.8 Å². The molecule has 0 aliphatic carbocycles. The highest BCUT2D eigenvalue weighted by atomic mass is 32.2. The molecule has 1 amide bonds. The van der Waals surface area contributed by atoms with Gasteiger partial charge in [0.1, 0.15) is 5.82 Å². The summed E-state index contributed by atoms with van der Waals surface area (Å²) in [5.41, 5.74) is 0.514. The number of thiophene rings is 1. The Morgan fingerprint density at radius 1 is 1.24 bits per heavy atom. The van der Waals surface area contributed by atoms with Gasteiger partial charge in [-0.05, 0) is 50.1 Å². The van der Waals surface area contributed by atoms with Crippen molar-refractivity contribution in [3.05, 3.63) is 46.9 Å². The summed E-state index contributed by atoms with van der Waals surface area (Å²) in [4.78, 5) is 18.4. The van der Waals surface area contributed by atoms with Crippen LogP contribution in [0.25, 0.3) is 10.7 Å². The van der Waals surface area contributed by atoms with Gasteiger partial charge in [-0.3, -0.25) is 4.79 Å². The van der Waals surface area contributed by atoms with E-state index in [1.165, 1.54) is 39.9 Å². The van der Waals surface area contributed by atoms with Gasteiger partial charge in [-0.2, -0.15) is 9.29 Å². The average Bonchev–Trinajstić information content (AvgIpc) is 3.43. The van der Waals surface area contributed by atoms with Crippen LogP contribution < -0.4 is 5.32 Å². The second-order valence-corrected chi connectivity index (χ2v) is 11.5. The molecule has 0 spiro atoms. The van der Waals surface area contributed by atoms with Crippen molar-refractivity contribution in [2.75, 3.05) is 18.4 Å². The Morgan fingerprint density at radius 2 is 1.91 bits per heavy atom. The van der Waals surface area contributed by atoms with Crippen LogP contribution in [0.1, 0.15) is 43.4 Å². The van der Waals surface area contributed by atoms with Crippen LogP contribution in [0.4, 0.5) is 10.1 Å². The van der Waals surface area contributed by atoms with E-state index in [0.29, 0.717) is 40.0 Å². The number of piperidine rings is 1. The average molecular weight is 493 g/mol. The van der Waals surface area contributed by atoms with Crippen molar-refractivity contribution in [1.82, 2.24) is 14.4 Å². The van der Waals surface area contributed by atoms with E-state index in [2.05, 4.69) is 15.5 Å². The highest BCUT2D eigenvalue weighted by Gasteiger charge is 2.34. The van der Waals surface area contributed by atoms with Gasteiger partial charge < -0.3 is 9.84 Å². The first-order valence-electron chi connectivity index (χ1n) is 10.7. The van der Waals surface area contributed by atoms with Crippen molar-refractivity contribution in [2.24, 2.45) is 5.92 Å². The molecule has 2 aromatic heterocycles. The molecular formula is C22H25FN4O4S2. The third-order valence-electron chi connectivity index (χ3n) is 5.58. The van der Waals surface area contributed by atoms with Crippen molar-refractivity contribution in [3.8, 4) is 10.7 Å². The molecule has 1 aliphatic heterocycles. The zero-order chi connectivity index (χ0) is 23.8. The van der Waals surface area contributed by atoms with E-state index in [9.17, 15) is 17.6 Å². The lowest BCUT2D eigenvalue weighted by molar-refractivity contribution is -0.120. The molecule has 1 aromatic carbocycles. The summed E-state index contributed by atoms with van der Waals surface area (Å²) in [6.07, 6.45) is 0.815. The van der Waals surface area contributed by atoms with E-state index < -0.39 is 10.0 Å². The predicted octanol–water partition coefficient (Wildman–Crippen LogP) is 4.41. The number of aryl methyl sites for hydroxylation is 1. The van der Waals surface area contributed by atoms with E-state index in [1.54, 1.807) is 13.0 Å². The Morgan fingerprint density at radius 3 is 2.52 bits per heavy atom. The second-order valence-electron chi connectivity index (χ2n) is 8.32. The number of sulfonamides is 1. The number of benzene rings is 1. The number of rotatable bonds is 6. The van der Waals surface area contributed by atoms with Crippen LogP contribution in [-0.4, -0.2) is 41.9 Å². The largest absolute Gasteiger partial charge is 0.339 e. The highest BCUT2D eigenvalue weighted by Crippen LogP contribution is 2.35. The van der Waals surface area contributed by atoms with Crippen molar-refractivity contribution < 1.29 is 22.1 Å². The molecule has 0 radical (unpaired) electrons. The zero-order valence-electron chi connectivity index (χ0n) is 18.5. The van der Waals surface area contributed by atoms with Gasteiger partial charge in [0.2, 0.25) is 27.6 Å². The normalized spacial score (nSPS) is 15.8. The second kappa shape index (κ2) is 9.32. The number of carbonyl (C=O) groups is 1. The van der Waals surface area contributed by atoms with Crippen LogP contribution in [0.3, 0.4) is 0 Å². The van der Waals surface area contributed by atoms with Gasteiger partial charge in [-0.1, -0.05) is 19.0 Å². The maximum absolute atomic E-state index is 13.3. The number of nitrogens with zero attached hydrogens (tertiary/aromatic N) is 3. The number of carbonyl (C=O) groups excluding carboxylic acids is 1. The fourth-order valence-corrected chi connectivity index (χ4v) is 6.63. The van der Waals surface area contributed by atoms with Gasteiger partial charge in [0.25, 0.3) is 0 Å². The molecule has 0 unspecified atom stereocenters. The fourth-order valence-electron chi connectivity index (χ4n) is 3.68. The number of aromatic nitrogens is 2. The maximum atomic E-state index is 13.3. The molecule has 0 bridgehead atoms. The Kier molecular flexibility index (Phi) is 6.64. The summed E-state index contributed by atoms with van der Waals surface area (Å²) in [6.45, 7) is 6.13. The summed E-state index contributed by atoms with van der Waals surface area (Å²) >= 11 is 1.31. The smallest absolute Gasteiger partial charge is 0.244 e. The maximum Gasteiger partial charge on any atom is 0.244 e. The number of hydrogen-bond donors (Lipinski definition) is 1. The van der Waals surface area contributed by atoms with Crippen LogP contribution in [0.15, 0.2) is 39.8 Å². The van der Waals surface area contributed by atoms with E-state index >= 15 is 0 Å². The minimum absolute atomic E-state index is 0.0806. The van der Waals surface area contributed by atoms with Gasteiger partial charge in [0.15, 0.2) is 0 Å². The number of nitrogens with one attached hydrogen (secondary N) is 1. The Hall–Kier alpha value is -2.63. The molecule has 1 N–H and O–H groups in total. The number of hydrogen-bond acceptors (Lipinski definition) is 7. The molecular weight excluding hydrogens is 467 g/mol. The van der Waals surface area contributed by atoms with Gasteiger partial charge in [0, 0.05) is 35.5 Å². The molecule has 33 heavy (non-hydrogen) atoms. The first kappa shape index (κ1) is 23.5. The minimum Gasteiger partial charge on any atom is -0.339 e. The summed E-state index contributed by atoms with van der Waals surface area (Å²) in [6, 6.07) is 7.15. The molecule has 8 nitrogen and oxygen atoms in total. The van der Waals surface area contributed by atoms with Crippen molar-refractivity contribution in [2.45, 2.75) is 44.4 Å². The Bertz CT molecular complexity index is 1240. The molecule has 0 saturated carbocycles. The topological polar surface area (TPSA) is 105 Å². The third kappa shape index (κ3) is 4.99. The monoisotopic (exact) mass is 492 g/mol.